The molecule has 0 saturated heterocycles. The van der Waals surface area contributed by atoms with Gasteiger partial charge in [0.15, 0.2) is 0 Å². The van der Waals surface area contributed by atoms with Crippen LogP contribution in [0.2, 0.25) is 0 Å². The summed E-state index contributed by atoms with van der Waals surface area (Å²) in [4.78, 5) is 0. The zero-order valence-electron chi connectivity index (χ0n) is 11.4. The summed E-state index contributed by atoms with van der Waals surface area (Å²) >= 11 is 0. The van der Waals surface area contributed by atoms with Crippen LogP contribution in [0.1, 0.15) is 12.5 Å². The molecule has 0 aliphatic heterocycles. The van der Waals surface area contributed by atoms with Crippen molar-refractivity contribution in [1.82, 2.24) is 0 Å². The monoisotopic (exact) mass is 253 g/mol. The highest BCUT2D eigenvalue weighted by atomic mass is 16.4. The fourth-order valence-electron chi connectivity index (χ4n) is 2.29. The first kappa shape index (κ1) is 13.8. The Morgan fingerprint density at radius 1 is 1.00 bits per heavy atom. The van der Waals surface area contributed by atoms with Crippen LogP contribution in [-0.2, 0) is 11.1 Å². The van der Waals surface area contributed by atoms with Gasteiger partial charge in [0.25, 0.3) is 0 Å². The molecule has 0 aromatic heterocycles. The topological polar surface area (TPSA) is 35.2 Å². The van der Waals surface area contributed by atoms with Gasteiger partial charge in [0.05, 0.1) is 0 Å². The van der Waals surface area contributed by atoms with Crippen LogP contribution in [0.4, 0.5) is 0 Å². The van der Waals surface area contributed by atoms with Gasteiger partial charge in [-0.3, -0.25) is 0 Å². The van der Waals surface area contributed by atoms with E-state index in [1.807, 2.05) is 18.2 Å². The number of nitrogens with two attached hydrogens (primary N) is 1. The molecule has 98 valence electrons. The zero-order valence-corrected chi connectivity index (χ0v) is 11.4. The molecule has 2 nitrogen and oxygen atoms in total. The van der Waals surface area contributed by atoms with E-state index >= 15 is 0 Å². The Balaban J connectivity index is 2.37. The van der Waals surface area contributed by atoms with Gasteiger partial charge in [-0.25, -0.2) is 0 Å². The van der Waals surface area contributed by atoms with Gasteiger partial charge < -0.3 is 10.4 Å². The lowest BCUT2D eigenvalue weighted by atomic mass is 9.54. The first-order valence-electron chi connectivity index (χ1n) is 6.81. The van der Waals surface area contributed by atoms with E-state index in [4.69, 9.17) is 10.4 Å². The lowest BCUT2D eigenvalue weighted by molar-refractivity contribution is 0.344. The molecular weight excluding hydrogens is 233 g/mol. The lowest BCUT2D eigenvalue weighted by Gasteiger charge is -2.17. The molecule has 0 unspecified atom stereocenters. The Morgan fingerprint density at radius 2 is 1.68 bits per heavy atom. The Bertz CT molecular complexity index is 501. The Kier molecular flexibility index (Phi) is 5.19. The van der Waals surface area contributed by atoms with Gasteiger partial charge in [-0.2, -0.15) is 0 Å². The molecule has 2 aromatic rings. The quantitative estimate of drug-likeness (QED) is 0.788. The molecule has 0 radical (unpaired) electrons. The predicted molar refractivity (Wildman–Crippen MR) is 82.3 cm³/mol. The summed E-state index contributed by atoms with van der Waals surface area (Å²) in [7, 11) is 0. The highest BCUT2D eigenvalue weighted by molar-refractivity contribution is 6.80. The summed E-state index contributed by atoms with van der Waals surface area (Å²) in [5, 5.41) is 0. The van der Waals surface area contributed by atoms with E-state index in [2.05, 4.69) is 43.3 Å². The summed E-state index contributed by atoms with van der Waals surface area (Å²) < 4.78 is 5.98. The SMILES string of the molecule is CCc1ccccc1B(OCCN)c1ccccc1. The maximum Gasteiger partial charge on any atom is 0.361 e. The minimum absolute atomic E-state index is 0.0269. The van der Waals surface area contributed by atoms with Crippen molar-refractivity contribution in [3.05, 3.63) is 60.2 Å². The average Bonchev–Trinajstić information content (AvgIpc) is 2.49. The largest absolute Gasteiger partial charge is 0.426 e. The summed E-state index contributed by atoms with van der Waals surface area (Å²) in [5.74, 6) is 0. The second-order valence-corrected chi connectivity index (χ2v) is 4.50. The maximum atomic E-state index is 5.98. The minimum atomic E-state index is -0.0269. The van der Waals surface area contributed by atoms with Crippen LogP contribution in [-0.4, -0.2) is 20.1 Å². The molecule has 2 rings (SSSR count). The van der Waals surface area contributed by atoms with Gasteiger partial charge in [0.2, 0.25) is 0 Å². The fourth-order valence-corrected chi connectivity index (χ4v) is 2.29. The van der Waals surface area contributed by atoms with Gasteiger partial charge in [-0.15, -0.1) is 0 Å². The van der Waals surface area contributed by atoms with Gasteiger partial charge in [0, 0.05) is 13.2 Å². The van der Waals surface area contributed by atoms with Crippen LogP contribution in [0.25, 0.3) is 0 Å². The average molecular weight is 253 g/mol. The first-order valence-corrected chi connectivity index (χ1v) is 6.81. The number of hydrogen-bond donors (Lipinski definition) is 1. The first-order chi connectivity index (χ1) is 9.36. The van der Waals surface area contributed by atoms with E-state index in [1.165, 1.54) is 16.5 Å². The van der Waals surface area contributed by atoms with E-state index in [0.717, 1.165) is 6.42 Å². The molecule has 0 aliphatic carbocycles. The smallest absolute Gasteiger partial charge is 0.361 e. The second kappa shape index (κ2) is 7.12. The summed E-state index contributed by atoms with van der Waals surface area (Å²) in [5.41, 5.74) is 9.32. The predicted octanol–water partition coefficient (Wildman–Crippen LogP) is 1.33. The standard InChI is InChI=1S/C16H20BNO/c1-2-14-8-6-7-11-16(14)17(19-13-12-18)15-9-4-3-5-10-15/h3-11H,2,12-13,18H2,1H3. The van der Waals surface area contributed by atoms with Crippen LogP contribution in [0, 0.1) is 0 Å². The van der Waals surface area contributed by atoms with Crippen LogP contribution >= 0.6 is 0 Å². The van der Waals surface area contributed by atoms with Crippen molar-refractivity contribution in [2.45, 2.75) is 13.3 Å². The highest BCUT2D eigenvalue weighted by Crippen LogP contribution is 2.02. The van der Waals surface area contributed by atoms with Gasteiger partial charge in [-0.05, 0) is 17.3 Å². The minimum Gasteiger partial charge on any atom is -0.426 e. The van der Waals surface area contributed by atoms with Crippen LogP contribution in [0.3, 0.4) is 0 Å². The van der Waals surface area contributed by atoms with E-state index in [9.17, 15) is 0 Å². The molecule has 0 amide bonds. The lowest BCUT2D eigenvalue weighted by Crippen LogP contribution is -2.47. The van der Waals surface area contributed by atoms with E-state index in [-0.39, 0.29) is 6.92 Å². The Hall–Kier alpha value is -1.58. The van der Waals surface area contributed by atoms with Crippen molar-refractivity contribution in [3.63, 3.8) is 0 Å². The van der Waals surface area contributed by atoms with Gasteiger partial charge in [-0.1, -0.05) is 67.1 Å². The van der Waals surface area contributed by atoms with E-state index in [1.54, 1.807) is 0 Å². The van der Waals surface area contributed by atoms with Crippen molar-refractivity contribution >= 4 is 17.8 Å². The van der Waals surface area contributed by atoms with Crippen molar-refractivity contribution in [3.8, 4) is 0 Å². The Morgan fingerprint density at radius 3 is 2.37 bits per heavy atom. The van der Waals surface area contributed by atoms with Gasteiger partial charge >= 0.3 is 6.92 Å². The normalized spacial score (nSPS) is 10.4. The summed E-state index contributed by atoms with van der Waals surface area (Å²) in [6.45, 7) is 3.25. The summed E-state index contributed by atoms with van der Waals surface area (Å²) in [6, 6.07) is 18.8. The van der Waals surface area contributed by atoms with E-state index < -0.39 is 0 Å². The molecule has 0 heterocycles. The molecule has 0 fully saturated rings. The molecule has 0 aliphatic rings. The number of aryl methyl sites for hydroxylation is 1. The van der Waals surface area contributed by atoms with Crippen molar-refractivity contribution in [1.29, 1.82) is 0 Å². The molecule has 0 spiro atoms. The van der Waals surface area contributed by atoms with Crippen molar-refractivity contribution in [2.75, 3.05) is 13.2 Å². The van der Waals surface area contributed by atoms with Gasteiger partial charge in [0.1, 0.15) is 0 Å². The van der Waals surface area contributed by atoms with Crippen molar-refractivity contribution in [2.24, 2.45) is 5.73 Å². The maximum absolute atomic E-state index is 5.98. The fraction of sp³-hybridized carbons (Fsp3) is 0.250. The number of hydrogen-bond acceptors (Lipinski definition) is 2. The third-order valence-electron chi connectivity index (χ3n) is 3.22. The third-order valence-corrected chi connectivity index (χ3v) is 3.22. The molecule has 2 aromatic carbocycles. The number of benzene rings is 2. The Labute approximate surface area is 115 Å². The van der Waals surface area contributed by atoms with Crippen LogP contribution < -0.4 is 16.7 Å². The number of rotatable bonds is 6. The van der Waals surface area contributed by atoms with E-state index in [0.29, 0.717) is 13.2 Å². The molecule has 19 heavy (non-hydrogen) atoms. The van der Waals surface area contributed by atoms with Crippen molar-refractivity contribution < 1.29 is 4.65 Å². The van der Waals surface area contributed by atoms with Crippen LogP contribution in [0.5, 0.6) is 0 Å². The zero-order chi connectivity index (χ0) is 13.5. The second-order valence-electron chi connectivity index (χ2n) is 4.50. The molecule has 0 saturated carbocycles. The molecular formula is C16H20BNO. The molecule has 0 bridgehead atoms. The molecule has 3 heteroatoms. The van der Waals surface area contributed by atoms with Crippen LogP contribution in [0.15, 0.2) is 54.6 Å². The molecule has 0 atom stereocenters. The third kappa shape index (κ3) is 3.46. The highest BCUT2D eigenvalue weighted by Gasteiger charge is 2.22. The summed E-state index contributed by atoms with van der Waals surface area (Å²) in [6.07, 6.45) is 1.01. The molecule has 2 N–H and O–H groups in total.